The first-order valence-corrected chi connectivity index (χ1v) is 6.74. The van der Waals surface area contributed by atoms with Crippen molar-refractivity contribution in [3.8, 4) is 5.75 Å². The van der Waals surface area contributed by atoms with Crippen LogP contribution in [0.5, 0.6) is 5.75 Å². The largest absolute Gasteiger partial charge is 0.484 e. The van der Waals surface area contributed by atoms with Gasteiger partial charge in [0.25, 0.3) is 5.91 Å². The topological polar surface area (TPSA) is 98.5 Å². The summed E-state index contributed by atoms with van der Waals surface area (Å²) in [4.78, 5) is 33.6. The zero-order chi connectivity index (χ0) is 15.8. The van der Waals surface area contributed by atoms with Crippen molar-refractivity contribution >= 4 is 18.1 Å². The van der Waals surface area contributed by atoms with Crippen LogP contribution in [0.15, 0.2) is 24.3 Å². The van der Waals surface area contributed by atoms with E-state index in [9.17, 15) is 14.4 Å². The number of ether oxygens (including phenoxy) is 1. The van der Waals surface area contributed by atoms with Crippen LogP contribution in [0.25, 0.3) is 0 Å². The highest BCUT2D eigenvalue weighted by atomic mass is 16.5. The number of benzene rings is 1. The van der Waals surface area contributed by atoms with E-state index in [0.29, 0.717) is 11.3 Å². The van der Waals surface area contributed by atoms with E-state index in [4.69, 9.17) is 10.5 Å². The van der Waals surface area contributed by atoms with Crippen LogP contribution in [0.1, 0.15) is 30.6 Å². The number of primary amides is 1. The Bertz CT molecular complexity index is 499. The molecule has 0 fully saturated rings. The van der Waals surface area contributed by atoms with Crippen molar-refractivity contribution in [1.29, 1.82) is 0 Å². The number of nitrogens with one attached hydrogen (secondary N) is 1. The third kappa shape index (κ3) is 5.25. The maximum absolute atomic E-state index is 11.8. The van der Waals surface area contributed by atoms with E-state index in [1.807, 2.05) is 13.8 Å². The smallest absolute Gasteiger partial charge is 0.258 e. The Morgan fingerprint density at radius 2 is 1.95 bits per heavy atom. The normalized spacial score (nSPS) is 13.0. The summed E-state index contributed by atoms with van der Waals surface area (Å²) in [5.74, 6) is -0.556. The minimum Gasteiger partial charge on any atom is -0.484 e. The second-order valence-corrected chi connectivity index (χ2v) is 4.81. The molecule has 6 nitrogen and oxygen atoms in total. The fraction of sp³-hybridized carbons (Fsp3) is 0.400. The summed E-state index contributed by atoms with van der Waals surface area (Å²) >= 11 is 0. The highest BCUT2D eigenvalue weighted by molar-refractivity contribution is 5.87. The second kappa shape index (κ2) is 8.04. The third-order valence-electron chi connectivity index (χ3n) is 3.22. The Morgan fingerprint density at radius 1 is 1.33 bits per heavy atom. The van der Waals surface area contributed by atoms with Gasteiger partial charge >= 0.3 is 0 Å². The summed E-state index contributed by atoms with van der Waals surface area (Å²) < 4.78 is 5.28. The molecular formula is C15H20N2O4. The molecule has 2 atom stereocenters. The summed E-state index contributed by atoms with van der Waals surface area (Å²) in [7, 11) is 0. The number of carbonyl (C=O) groups excluding carboxylic acids is 3. The molecule has 1 aromatic carbocycles. The summed E-state index contributed by atoms with van der Waals surface area (Å²) in [5.41, 5.74) is 5.80. The van der Waals surface area contributed by atoms with E-state index in [2.05, 4.69) is 5.32 Å². The molecule has 2 amide bonds. The zero-order valence-electron chi connectivity index (χ0n) is 12.2. The van der Waals surface area contributed by atoms with Crippen LogP contribution in [0.4, 0.5) is 0 Å². The Kier molecular flexibility index (Phi) is 6.39. The SMILES string of the molecule is CCC(C)C(NC(=O)COc1ccc(C=O)cc1)C(N)=O. The predicted octanol–water partition coefficient (Wildman–Crippen LogP) is 0.894. The van der Waals surface area contributed by atoms with Crippen LogP contribution in [-0.2, 0) is 9.59 Å². The molecule has 0 bridgehead atoms. The zero-order valence-corrected chi connectivity index (χ0v) is 12.2. The van der Waals surface area contributed by atoms with Crippen molar-refractivity contribution in [2.75, 3.05) is 6.61 Å². The number of hydrogen-bond donors (Lipinski definition) is 2. The molecule has 0 heterocycles. The molecule has 6 heteroatoms. The highest BCUT2D eigenvalue weighted by Crippen LogP contribution is 2.11. The summed E-state index contributed by atoms with van der Waals surface area (Å²) in [6.45, 7) is 3.53. The number of carbonyl (C=O) groups is 3. The lowest BCUT2D eigenvalue weighted by Crippen LogP contribution is -2.49. The maximum atomic E-state index is 11.8. The van der Waals surface area contributed by atoms with Crippen molar-refractivity contribution in [2.24, 2.45) is 11.7 Å². The van der Waals surface area contributed by atoms with Crippen LogP contribution in [0.3, 0.4) is 0 Å². The molecule has 0 saturated carbocycles. The first-order chi connectivity index (χ1) is 9.97. The molecule has 114 valence electrons. The molecule has 0 aliphatic heterocycles. The first-order valence-electron chi connectivity index (χ1n) is 6.74. The minimum absolute atomic E-state index is 0.0432. The van der Waals surface area contributed by atoms with Gasteiger partial charge in [-0.3, -0.25) is 14.4 Å². The molecule has 21 heavy (non-hydrogen) atoms. The predicted molar refractivity (Wildman–Crippen MR) is 77.9 cm³/mol. The fourth-order valence-corrected chi connectivity index (χ4v) is 1.74. The lowest BCUT2D eigenvalue weighted by molar-refractivity contribution is -0.129. The highest BCUT2D eigenvalue weighted by Gasteiger charge is 2.23. The van der Waals surface area contributed by atoms with Crippen molar-refractivity contribution < 1.29 is 19.1 Å². The minimum atomic E-state index is -0.705. The Hall–Kier alpha value is -2.37. The molecule has 3 N–H and O–H groups in total. The number of nitrogens with two attached hydrogens (primary N) is 1. The van der Waals surface area contributed by atoms with Gasteiger partial charge in [-0.1, -0.05) is 20.3 Å². The van der Waals surface area contributed by atoms with Crippen LogP contribution in [0.2, 0.25) is 0 Å². The van der Waals surface area contributed by atoms with Crippen LogP contribution < -0.4 is 15.8 Å². The van der Waals surface area contributed by atoms with Gasteiger partial charge in [-0.15, -0.1) is 0 Å². The standard InChI is InChI=1S/C15H20N2O4/c1-3-10(2)14(15(16)20)17-13(19)9-21-12-6-4-11(8-18)5-7-12/h4-8,10,14H,3,9H2,1-2H3,(H2,16,20)(H,17,19). The van der Waals surface area contributed by atoms with E-state index in [1.165, 1.54) is 0 Å². The number of amides is 2. The van der Waals surface area contributed by atoms with E-state index >= 15 is 0 Å². The Morgan fingerprint density at radius 3 is 2.43 bits per heavy atom. The summed E-state index contributed by atoms with van der Waals surface area (Å²) in [6.07, 6.45) is 1.45. The van der Waals surface area contributed by atoms with E-state index < -0.39 is 17.9 Å². The molecule has 0 aromatic heterocycles. The van der Waals surface area contributed by atoms with Gasteiger partial charge < -0.3 is 15.8 Å². The third-order valence-corrected chi connectivity index (χ3v) is 3.22. The van der Waals surface area contributed by atoms with Gasteiger partial charge in [0.1, 0.15) is 18.1 Å². The first kappa shape index (κ1) is 16.7. The van der Waals surface area contributed by atoms with Gasteiger partial charge in [-0.2, -0.15) is 0 Å². The lowest BCUT2D eigenvalue weighted by atomic mass is 9.99. The average Bonchev–Trinajstić information content (AvgIpc) is 2.50. The van der Waals surface area contributed by atoms with Crippen LogP contribution in [-0.4, -0.2) is 30.7 Å². The van der Waals surface area contributed by atoms with Gasteiger partial charge in [-0.25, -0.2) is 0 Å². The summed E-state index contributed by atoms with van der Waals surface area (Å²) in [6, 6.07) is 5.66. The molecule has 1 aromatic rings. The van der Waals surface area contributed by atoms with Crippen molar-refractivity contribution in [3.05, 3.63) is 29.8 Å². The van der Waals surface area contributed by atoms with Gasteiger partial charge in [0.15, 0.2) is 6.61 Å². The number of hydrogen-bond acceptors (Lipinski definition) is 4. The van der Waals surface area contributed by atoms with Gasteiger partial charge in [0, 0.05) is 5.56 Å². The van der Waals surface area contributed by atoms with E-state index in [1.54, 1.807) is 24.3 Å². The average molecular weight is 292 g/mol. The van der Waals surface area contributed by atoms with Crippen molar-refractivity contribution in [1.82, 2.24) is 5.32 Å². The molecule has 0 aliphatic carbocycles. The van der Waals surface area contributed by atoms with E-state index in [-0.39, 0.29) is 12.5 Å². The number of aldehydes is 1. The lowest BCUT2D eigenvalue weighted by Gasteiger charge is -2.21. The molecule has 2 unspecified atom stereocenters. The van der Waals surface area contributed by atoms with Gasteiger partial charge in [0.05, 0.1) is 0 Å². The van der Waals surface area contributed by atoms with Crippen LogP contribution in [0, 0.1) is 5.92 Å². The molecule has 0 spiro atoms. The number of rotatable bonds is 8. The Labute approximate surface area is 123 Å². The summed E-state index contributed by atoms with van der Waals surface area (Å²) in [5, 5.41) is 2.57. The Balaban J connectivity index is 2.52. The second-order valence-electron chi connectivity index (χ2n) is 4.81. The van der Waals surface area contributed by atoms with Crippen molar-refractivity contribution in [3.63, 3.8) is 0 Å². The molecule has 0 aliphatic rings. The molecule has 0 saturated heterocycles. The fourth-order valence-electron chi connectivity index (χ4n) is 1.74. The van der Waals surface area contributed by atoms with Gasteiger partial charge in [-0.05, 0) is 30.2 Å². The van der Waals surface area contributed by atoms with Crippen LogP contribution >= 0.6 is 0 Å². The van der Waals surface area contributed by atoms with E-state index in [0.717, 1.165) is 12.7 Å². The maximum Gasteiger partial charge on any atom is 0.258 e. The molecule has 1 rings (SSSR count). The molecule has 0 radical (unpaired) electrons. The van der Waals surface area contributed by atoms with Gasteiger partial charge in [0.2, 0.25) is 5.91 Å². The van der Waals surface area contributed by atoms with Crippen molar-refractivity contribution in [2.45, 2.75) is 26.3 Å². The monoisotopic (exact) mass is 292 g/mol. The quantitative estimate of drug-likeness (QED) is 0.695. The molecular weight excluding hydrogens is 272 g/mol.